The van der Waals surface area contributed by atoms with E-state index in [1.54, 1.807) is 0 Å². The molecule has 0 amide bonds. The molecule has 0 aliphatic carbocycles. The summed E-state index contributed by atoms with van der Waals surface area (Å²) in [4.78, 5) is 0. The lowest BCUT2D eigenvalue weighted by atomic mass is 10.4. The summed E-state index contributed by atoms with van der Waals surface area (Å²) in [6.07, 6.45) is 3.76. The monoisotopic (exact) mass is 206 g/mol. The average molecular weight is 206 g/mol. The molecule has 0 aromatic carbocycles. The zero-order chi connectivity index (χ0) is 9.23. The van der Waals surface area contributed by atoms with Crippen molar-refractivity contribution in [1.82, 2.24) is 5.32 Å². The Morgan fingerprint density at radius 3 is 2.67 bits per heavy atom. The van der Waals surface area contributed by atoms with Crippen LogP contribution in [0, 0.1) is 0 Å². The Balaban J connectivity index is 2.86. The van der Waals surface area contributed by atoms with Crippen LogP contribution in [0.2, 0.25) is 0 Å². The molecule has 0 fully saturated rings. The minimum Gasteiger partial charge on any atom is -0.376 e. The number of nitrogens with two attached hydrogens (primary N) is 1. The summed E-state index contributed by atoms with van der Waals surface area (Å²) in [5, 5.41) is 3.34. The standard InChI is InChI=1S/C8H18N2S2/c1-2-3-6-12-7-4-5-10-8(9)11/h2-7H2,1H3,(H3,9,10,11). The maximum atomic E-state index is 5.27. The molecule has 0 aliphatic heterocycles. The van der Waals surface area contributed by atoms with Crippen LogP contribution in [0.25, 0.3) is 0 Å². The van der Waals surface area contributed by atoms with Crippen LogP contribution in [0.5, 0.6) is 0 Å². The van der Waals surface area contributed by atoms with Crippen LogP contribution in [-0.4, -0.2) is 23.2 Å². The van der Waals surface area contributed by atoms with E-state index >= 15 is 0 Å². The zero-order valence-electron chi connectivity index (χ0n) is 7.64. The Hall–Kier alpha value is 0.0400. The number of hydrogen-bond acceptors (Lipinski definition) is 2. The molecule has 0 aromatic heterocycles. The van der Waals surface area contributed by atoms with Gasteiger partial charge in [0.05, 0.1) is 0 Å². The third-order valence-corrected chi connectivity index (χ3v) is 2.71. The topological polar surface area (TPSA) is 38.0 Å². The number of rotatable bonds is 7. The van der Waals surface area contributed by atoms with Gasteiger partial charge in [0, 0.05) is 6.54 Å². The second kappa shape index (κ2) is 9.13. The fourth-order valence-electron chi connectivity index (χ4n) is 0.734. The molecule has 0 atom stereocenters. The lowest BCUT2D eigenvalue weighted by Crippen LogP contribution is -2.29. The molecule has 3 N–H and O–H groups in total. The molecule has 0 rings (SSSR count). The summed E-state index contributed by atoms with van der Waals surface area (Å²) in [5.41, 5.74) is 5.27. The summed E-state index contributed by atoms with van der Waals surface area (Å²) in [6, 6.07) is 0. The van der Waals surface area contributed by atoms with E-state index in [1.807, 2.05) is 11.8 Å². The maximum Gasteiger partial charge on any atom is 0.163 e. The molecular weight excluding hydrogens is 188 g/mol. The Kier molecular flexibility index (Phi) is 9.16. The quantitative estimate of drug-likeness (QED) is 0.491. The van der Waals surface area contributed by atoms with Crippen LogP contribution in [0.1, 0.15) is 26.2 Å². The first-order chi connectivity index (χ1) is 5.77. The van der Waals surface area contributed by atoms with Gasteiger partial charge in [0.2, 0.25) is 0 Å². The summed E-state index contributed by atoms with van der Waals surface area (Å²) >= 11 is 6.68. The zero-order valence-corrected chi connectivity index (χ0v) is 9.27. The summed E-state index contributed by atoms with van der Waals surface area (Å²) < 4.78 is 0. The van der Waals surface area contributed by atoms with Crippen molar-refractivity contribution in [3.05, 3.63) is 0 Å². The van der Waals surface area contributed by atoms with Crippen molar-refractivity contribution >= 4 is 29.1 Å². The largest absolute Gasteiger partial charge is 0.376 e. The van der Waals surface area contributed by atoms with Crippen molar-refractivity contribution in [2.75, 3.05) is 18.1 Å². The van der Waals surface area contributed by atoms with E-state index in [1.165, 1.54) is 24.3 Å². The molecule has 0 aromatic rings. The predicted molar refractivity (Wildman–Crippen MR) is 61.6 cm³/mol. The van der Waals surface area contributed by atoms with E-state index in [-0.39, 0.29) is 0 Å². The highest BCUT2D eigenvalue weighted by molar-refractivity contribution is 7.99. The second-order valence-electron chi connectivity index (χ2n) is 2.61. The van der Waals surface area contributed by atoms with E-state index in [0.29, 0.717) is 5.11 Å². The maximum absolute atomic E-state index is 5.27. The normalized spacial score (nSPS) is 9.75. The molecule has 12 heavy (non-hydrogen) atoms. The van der Waals surface area contributed by atoms with Gasteiger partial charge in [-0.3, -0.25) is 0 Å². The minimum absolute atomic E-state index is 0.411. The van der Waals surface area contributed by atoms with E-state index in [9.17, 15) is 0 Å². The van der Waals surface area contributed by atoms with Crippen molar-refractivity contribution < 1.29 is 0 Å². The van der Waals surface area contributed by atoms with Crippen LogP contribution < -0.4 is 11.1 Å². The number of hydrogen-bond donors (Lipinski definition) is 2. The minimum atomic E-state index is 0.411. The number of thioether (sulfide) groups is 1. The van der Waals surface area contributed by atoms with Crippen molar-refractivity contribution in [3.8, 4) is 0 Å². The van der Waals surface area contributed by atoms with Gasteiger partial charge in [-0.2, -0.15) is 11.8 Å². The fourth-order valence-corrected chi connectivity index (χ4v) is 1.88. The molecule has 0 aliphatic rings. The van der Waals surface area contributed by atoms with Gasteiger partial charge in [0.25, 0.3) is 0 Å². The van der Waals surface area contributed by atoms with Crippen molar-refractivity contribution in [3.63, 3.8) is 0 Å². The Labute approximate surface area is 84.7 Å². The molecular formula is C8H18N2S2. The molecule has 0 saturated carbocycles. The van der Waals surface area contributed by atoms with Gasteiger partial charge in [0.15, 0.2) is 5.11 Å². The highest BCUT2D eigenvalue weighted by atomic mass is 32.2. The lowest BCUT2D eigenvalue weighted by Gasteiger charge is -2.02. The molecule has 0 spiro atoms. The SMILES string of the molecule is CCCCSCCCNC(N)=S. The molecule has 0 bridgehead atoms. The lowest BCUT2D eigenvalue weighted by molar-refractivity contribution is 0.847. The molecule has 0 radical (unpaired) electrons. The van der Waals surface area contributed by atoms with Crippen molar-refractivity contribution in [2.45, 2.75) is 26.2 Å². The van der Waals surface area contributed by atoms with Crippen LogP contribution in [0.3, 0.4) is 0 Å². The van der Waals surface area contributed by atoms with Crippen LogP contribution in [0.15, 0.2) is 0 Å². The Morgan fingerprint density at radius 2 is 2.08 bits per heavy atom. The first kappa shape index (κ1) is 12.0. The first-order valence-electron chi connectivity index (χ1n) is 4.38. The van der Waals surface area contributed by atoms with Gasteiger partial charge in [-0.25, -0.2) is 0 Å². The molecule has 0 saturated heterocycles. The van der Waals surface area contributed by atoms with E-state index in [4.69, 9.17) is 5.73 Å². The van der Waals surface area contributed by atoms with Gasteiger partial charge in [-0.15, -0.1) is 0 Å². The van der Waals surface area contributed by atoms with Gasteiger partial charge in [-0.05, 0) is 36.6 Å². The fraction of sp³-hybridized carbons (Fsp3) is 0.875. The van der Waals surface area contributed by atoms with E-state index in [2.05, 4.69) is 24.5 Å². The molecule has 0 heterocycles. The molecule has 2 nitrogen and oxygen atoms in total. The van der Waals surface area contributed by atoms with E-state index in [0.717, 1.165) is 13.0 Å². The Morgan fingerprint density at radius 1 is 1.42 bits per heavy atom. The number of thiocarbonyl (C=S) groups is 1. The van der Waals surface area contributed by atoms with Gasteiger partial charge in [0.1, 0.15) is 0 Å². The van der Waals surface area contributed by atoms with Crippen LogP contribution in [0.4, 0.5) is 0 Å². The third-order valence-electron chi connectivity index (χ3n) is 1.41. The molecule has 0 unspecified atom stereocenters. The van der Waals surface area contributed by atoms with Crippen molar-refractivity contribution in [1.29, 1.82) is 0 Å². The van der Waals surface area contributed by atoms with Crippen molar-refractivity contribution in [2.24, 2.45) is 5.73 Å². The van der Waals surface area contributed by atoms with Crippen LogP contribution >= 0.6 is 24.0 Å². The predicted octanol–water partition coefficient (Wildman–Crippen LogP) is 1.74. The summed E-state index contributed by atoms with van der Waals surface area (Å²) in [5.74, 6) is 2.49. The number of nitrogens with one attached hydrogen (secondary N) is 1. The first-order valence-corrected chi connectivity index (χ1v) is 5.94. The summed E-state index contributed by atoms with van der Waals surface area (Å²) in [6.45, 7) is 3.13. The van der Waals surface area contributed by atoms with Gasteiger partial charge < -0.3 is 11.1 Å². The Bertz CT molecular complexity index is 118. The van der Waals surface area contributed by atoms with Gasteiger partial charge in [-0.1, -0.05) is 13.3 Å². The second-order valence-corrected chi connectivity index (χ2v) is 4.28. The number of unbranched alkanes of at least 4 members (excludes halogenated alkanes) is 1. The third kappa shape index (κ3) is 10.0. The van der Waals surface area contributed by atoms with Gasteiger partial charge >= 0.3 is 0 Å². The van der Waals surface area contributed by atoms with Crippen LogP contribution in [-0.2, 0) is 0 Å². The smallest absolute Gasteiger partial charge is 0.163 e. The highest BCUT2D eigenvalue weighted by Crippen LogP contribution is 2.04. The molecule has 4 heteroatoms. The average Bonchev–Trinajstić information content (AvgIpc) is 2.02. The summed E-state index contributed by atoms with van der Waals surface area (Å²) in [7, 11) is 0. The molecule has 72 valence electrons. The highest BCUT2D eigenvalue weighted by Gasteiger charge is 1.90. The van der Waals surface area contributed by atoms with E-state index < -0.39 is 0 Å².